The zero-order valence-corrected chi connectivity index (χ0v) is 15.2. The van der Waals surface area contributed by atoms with E-state index >= 15 is 0 Å². The Labute approximate surface area is 157 Å². The lowest BCUT2D eigenvalue weighted by Crippen LogP contribution is -2.43. The first kappa shape index (κ1) is 17.7. The maximum absolute atomic E-state index is 13.2. The Morgan fingerprint density at radius 3 is 2.52 bits per heavy atom. The molecule has 6 nitrogen and oxygen atoms in total. The Balaban J connectivity index is 1.28. The van der Waals surface area contributed by atoms with Crippen molar-refractivity contribution in [1.82, 2.24) is 15.5 Å². The number of imide groups is 1. The average Bonchev–Trinajstić information content (AvgIpc) is 3.34. The fraction of sp³-hybridized carbons (Fsp3) is 0.450. The number of guanidine groups is 1. The topological polar surface area (TPSA) is 73.8 Å². The number of carbonyl (C=O) groups excluding carboxylic acids is 2. The number of likely N-dealkylation sites (tertiary alicyclic amines) is 1. The molecule has 1 aromatic carbocycles. The lowest BCUT2D eigenvalue weighted by atomic mass is 9.85. The minimum Gasteiger partial charge on any atom is -0.355 e. The molecule has 3 aliphatic rings. The third-order valence-corrected chi connectivity index (χ3v) is 5.76. The molecule has 0 radical (unpaired) electrons. The van der Waals surface area contributed by atoms with Crippen molar-refractivity contribution in [2.24, 2.45) is 28.7 Å². The van der Waals surface area contributed by atoms with Gasteiger partial charge in [0.2, 0.25) is 11.8 Å². The highest BCUT2D eigenvalue weighted by Crippen LogP contribution is 2.52. The molecule has 2 fully saturated rings. The maximum Gasteiger partial charge on any atom is 0.233 e. The van der Waals surface area contributed by atoms with Crippen LogP contribution >= 0.6 is 0 Å². The summed E-state index contributed by atoms with van der Waals surface area (Å²) in [7, 11) is 1.64. The lowest BCUT2D eigenvalue weighted by molar-refractivity contribution is -0.140. The highest BCUT2D eigenvalue weighted by molar-refractivity contribution is 6.06. The van der Waals surface area contributed by atoms with Crippen molar-refractivity contribution in [2.45, 2.75) is 13.0 Å². The van der Waals surface area contributed by atoms with E-state index < -0.39 is 0 Å². The van der Waals surface area contributed by atoms with Gasteiger partial charge in [-0.15, -0.1) is 0 Å². The third-order valence-electron chi connectivity index (χ3n) is 5.76. The Morgan fingerprint density at radius 2 is 1.89 bits per heavy atom. The molecule has 0 spiro atoms. The predicted octanol–water partition coefficient (Wildman–Crippen LogP) is 1.30. The summed E-state index contributed by atoms with van der Waals surface area (Å²) >= 11 is 0. The zero-order chi connectivity index (χ0) is 19.0. The fourth-order valence-corrected chi connectivity index (χ4v) is 4.52. The van der Waals surface area contributed by atoms with Gasteiger partial charge in [0.05, 0.1) is 11.8 Å². The Kier molecular flexibility index (Phi) is 4.68. The van der Waals surface area contributed by atoms with Crippen LogP contribution in [0.5, 0.6) is 0 Å². The number of allylic oxidation sites excluding steroid dienone is 2. The van der Waals surface area contributed by atoms with Gasteiger partial charge in [-0.1, -0.05) is 24.3 Å². The fourth-order valence-electron chi connectivity index (χ4n) is 4.52. The summed E-state index contributed by atoms with van der Waals surface area (Å²) in [6.45, 7) is 1.17. The van der Waals surface area contributed by atoms with E-state index in [4.69, 9.17) is 0 Å². The Morgan fingerprint density at radius 1 is 1.19 bits per heavy atom. The summed E-state index contributed by atoms with van der Waals surface area (Å²) < 4.78 is 13.2. The SMILES string of the molecule is CN=C(NCCN1C(=O)C2C3C=CC(C3)C2C1=O)NCc1cccc(F)c1. The van der Waals surface area contributed by atoms with Crippen molar-refractivity contribution in [3.05, 3.63) is 47.8 Å². The molecule has 27 heavy (non-hydrogen) atoms. The molecule has 7 heteroatoms. The second-order valence-electron chi connectivity index (χ2n) is 7.31. The molecule has 2 aliphatic carbocycles. The van der Waals surface area contributed by atoms with Crippen molar-refractivity contribution in [3.8, 4) is 0 Å². The first-order chi connectivity index (χ1) is 13.1. The van der Waals surface area contributed by atoms with Crippen LogP contribution < -0.4 is 10.6 Å². The second-order valence-corrected chi connectivity index (χ2v) is 7.31. The Hall–Kier alpha value is -2.70. The highest BCUT2D eigenvalue weighted by Gasteiger charge is 2.58. The molecule has 4 unspecified atom stereocenters. The van der Waals surface area contributed by atoms with Gasteiger partial charge in [-0.3, -0.25) is 19.5 Å². The van der Waals surface area contributed by atoms with Gasteiger partial charge in [0.15, 0.2) is 5.96 Å². The van der Waals surface area contributed by atoms with Gasteiger partial charge in [0.1, 0.15) is 5.82 Å². The highest BCUT2D eigenvalue weighted by atomic mass is 19.1. The standard InChI is InChI=1S/C20H23FN4O2/c1-22-20(24-11-12-3-2-4-15(21)9-12)23-7-8-25-18(26)16-13-5-6-14(10-13)17(16)19(25)27/h2-6,9,13-14,16-17H,7-8,10-11H2,1H3,(H2,22,23,24). The first-order valence-corrected chi connectivity index (χ1v) is 9.31. The number of halogens is 1. The van der Waals surface area contributed by atoms with E-state index in [1.807, 2.05) is 6.07 Å². The normalized spacial score (nSPS) is 28.8. The average molecular weight is 370 g/mol. The zero-order valence-electron chi connectivity index (χ0n) is 15.2. The molecule has 1 saturated heterocycles. The Bertz CT molecular complexity index is 792. The number of fused-ring (bicyclic) bond motifs is 5. The van der Waals surface area contributed by atoms with Gasteiger partial charge in [-0.05, 0) is 36.0 Å². The number of aliphatic imine (C=N–C) groups is 1. The molecule has 142 valence electrons. The van der Waals surface area contributed by atoms with Crippen molar-refractivity contribution >= 4 is 17.8 Å². The molecule has 1 aliphatic heterocycles. The van der Waals surface area contributed by atoms with Crippen LogP contribution in [0.2, 0.25) is 0 Å². The molecular formula is C20H23FN4O2. The monoisotopic (exact) mass is 370 g/mol. The van der Waals surface area contributed by atoms with Crippen molar-refractivity contribution in [2.75, 3.05) is 20.1 Å². The molecule has 1 saturated carbocycles. The van der Waals surface area contributed by atoms with Gasteiger partial charge in [0.25, 0.3) is 0 Å². The number of hydrogen-bond acceptors (Lipinski definition) is 3. The van der Waals surface area contributed by atoms with Gasteiger partial charge in [0, 0.05) is 26.7 Å². The van der Waals surface area contributed by atoms with Crippen LogP contribution in [0.25, 0.3) is 0 Å². The smallest absolute Gasteiger partial charge is 0.233 e. The first-order valence-electron chi connectivity index (χ1n) is 9.31. The summed E-state index contributed by atoms with van der Waals surface area (Å²) in [5, 5.41) is 6.21. The van der Waals surface area contributed by atoms with Gasteiger partial charge < -0.3 is 10.6 Å². The largest absolute Gasteiger partial charge is 0.355 e. The predicted molar refractivity (Wildman–Crippen MR) is 99.0 cm³/mol. The van der Waals surface area contributed by atoms with Crippen LogP contribution in [0.15, 0.2) is 41.4 Å². The maximum atomic E-state index is 13.2. The number of hydrogen-bond donors (Lipinski definition) is 2. The van der Waals surface area contributed by atoms with Crippen LogP contribution in [0.4, 0.5) is 4.39 Å². The van der Waals surface area contributed by atoms with Crippen LogP contribution in [0, 0.1) is 29.5 Å². The van der Waals surface area contributed by atoms with Crippen molar-refractivity contribution < 1.29 is 14.0 Å². The summed E-state index contributed by atoms with van der Waals surface area (Å²) in [4.78, 5) is 30.8. The number of nitrogens with zero attached hydrogens (tertiary/aromatic N) is 2. The lowest BCUT2D eigenvalue weighted by Gasteiger charge is -2.18. The summed E-state index contributed by atoms with van der Waals surface area (Å²) in [6.07, 6.45) is 5.13. The van der Waals surface area contributed by atoms with Gasteiger partial charge >= 0.3 is 0 Å². The minimum atomic E-state index is -0.280. The summed E-state index contributed by atoms with van der Waals surface area (Å²) in [5.41, 5.74) is 0.804. The van der Waals surface area contributed by atoms with Crippen LogP contribution in [0.3, 0.4) is 0 Å². The second kappa shape index (κ2) is 7.13. The van der Waals surface area contributed by atoms with Gasteiger partial charge in [-0.25, -0.2) is 4.39 Å². The molecular weight excluding hydrogens is 347 g/mol. The molecule has 2 bridgehead atoms. The van der Waals surface area contributed by atoms with E-state index in [2.05, 4.69) is 27.8 Å². The molecule has 2 N–H and O–H groups in total. The van der Waals surface area contributed by atoms with Crippen LogP contribution in [-0.2, 0) is 16.1 Å². The number of amides is 2. The summed E-state index contributed by atoms with van der Waals surface area (Å²) in [6, 6.07) is 6.35. The number of benzene rings is 1. The molecule has 4 atom stereocenters. The van der Waals surface area contributed by atoms with E-state index in [9.17, 15) is 14.0 Å². The third kappa shape index (κ3) is 3.22. The number of nitrogens with one attached hydrogen (secondary N) is 2. The quantitative estimate of drug-likeness (QED) is 0.355. The van der Waals surface area contributed by atoms with Crippen molar-refractivity contribution in [3.63, 3.8) is 0 Å². The van der Waals surface area contributed by atoms with Crippen LogP contribution in [-0.4, -0.2) is 42.8 Å². The van der Waals surface area contributed by atoms with E-state index in [-0.39, 0.29) is 41.3 Å². The van der Waals surface area contributed by atoms with E-state index in [1.165, 1.54) is 17.0 Å². The molecule has 4 rings (SSSR count). The van der Waals surface area contributed by atoms with Crippen molar-refractivity contribution in [1.29, 1.82) is 0 Å². The molecule has 0 aromatic heterocycles. The van der Waals surface area contributed by atoms with E-state index in [0.29, 0.717) is 25.6 Å². The number of rotatable bonds is 5. The van der Waals surface area contributed by atoms with E-state index in [0.717, 1.165) is 12.0 Å². The van der Waals surface area contributed by atoms with Crippen LogP contribution in [0.1, 0.15) is 12.0 Å². The molecule has 1 aromatic rings. The number of carbonyl (C=O) groups is 2. The molecule has 1 heterocycles. The van der Waals surface area contributed by atoms with E-state index in [1.54, 1.807) is 13.1 Å². The van der Waals surface area contributed by atoms with Gasteiger partial charge in [-0.2, -0.15) is 0 Å². The molecule has 2 amide bonds. The summed E-state index contributed by atoms with van der Waals surface area (Å²) in [5.74, 6) is 0.344. The minimum absolute atomic E-state index is 0.0358.